The van der Waals surface area contributed by atoms with E-state index >= 15 is 0 Å². The van der Waals surface area contributed by atoms with E-state index in [-0.39, 0.29) is 0 Å². The molecule has 13 heavy (non-hydrogen) atoms. The van der Waals surface area contributed by atoms with Crippen LogP contribution in [0.1, 0.15) is 6.42 Å². The number of nitrogens with one attached hydrogen (secondary N) is 1. The minimum Gasteiger partial charge on any atom is -0.385 e. The molecule has 0 spiro atoms. The molecule has 1 aromatic carbocycles. The van der Waals surface area contributed by atoms with Crippen molar-refractivity contribution < 1.29 is 0 Å². The maximum absolute atomic E-state index is 5.57. The van der Waals surface area contributed by atoms with Crippen LogP contribution >= 0.6 is 0 Å². The number of hydrogen-bond acceptors (Lipinski definition) is 2. The van der Waals surface area contributed by atoms with Gasteiger partial charge in [-0.15, -0.1) is 0 Å². The maximum Gasteiger partial charge on any atom is 0.0340 e. The van der Waals surface area contributed by atoms with E-state index in [9.17, 15) is 0 Å². The minimum atomic E-state index is 0.774. The molecule has 1 fully saturated rings. The SMILES string of the molecule is NC[C@H]1C[C@@H]1CNc1ccccc1. The van der Waals surface area contributed by atoms with E-state index in [1.54, 1.807) is 0 Å². The Kier molecular flexibility index (Phi) is 2.50. The van der Waals surface area contributed by atoms with Crippen molar-refractivity contribution in [2.75, 3.05) is 18.4 Å². The van der Waals surface area contributed by atoms with Crippen LogP contribution in [0.3, 0.4) is 0 Å². The molecule has 0 bridgehead atoms. The summed E-state index contributed by atoms with van der Waals surface area (Å²) in [5.41, 5.74) is 6.78. The van der Waals surface area contributed by atoms with E-state index in [1.807, 2.05) is 6.07 Å². The van der Waals surface area contributed by atoms with Crippen LogP contribution in [0.25, 0.3) is 0 Å². The Balaban J connectivity index is 1.75. The van der Waals surface area contributed by atoms with E-state index in [1.165, 1.54) is 12.1 Å². The first-order valence-corrected chi connectivity index (χ1v) is 4.89. The third-order valence-electron chi connectivity index (χ3n) is 2.71. The maximum atomic E-state index is 5.57. The van der Waals surface area contributed by atoms with E-state index in [4.69, 9.17) is 5.73 Å². The molecule has 2 nitrogen and oxygen atoms in total. The van der Waals surface area contributed by atoms with Gasteiger partial charge in [0.25, 0.3) is 0 Å². The summed E-state index contributed by atoms with van der Waals surface area (Å²) in [4.78, 5) is 0. The third kappa shape index (κ3) is 2.22. The van der Waals surface area contributed by atoms with Gasteiger partial charge >= 0.3 is 0 Å². The lowest BCUT2D eigenvalue weighted by Gasteiger charge is -2.04. The molecular formula is C11H16N2. The van der Waals surface area contributed by atoms with E-state index < -0.39 is 0 Å². The molecule has 1 aliphatic rings. The fourth-order valence-corrected chi connectivity index (χ4v) is 1.65. The zero-order chi connectivity index (χ0) is 9.10. The highest BCUT2D eigenvalue weighted by atomic mass is 14.9. The lowest BCUT2D eigenvalue weighted by atomic mass is 10.3. The summed E-state index contributed by atoms with van der Waals surface area (Å²) < 4.78 is 0. The van der Waals surface area contributed by atoms with Gasteiger partial charge in [-0.1, -0.05) is 18.2 Å². The first-order valence-electron chi connectivity index (χ1n) is 4.89. The summed E-state index contributed by atoms with van der Waals surface area (Å²) in [7, 11) is 0. The Labute approximate surface area is 79.1 Å². The molecule has 0 amide bonds. The standard InChI is InChI=1S/C11H16N2/c12-7-9-6-10(9)8-13-11-4-2-1-3-5-11/h1-5,9-10,13H,6-8,12H2/t9-,10-/m1/s1. The van der Waals surface area contributed by atoms with Crippen molar-refractivity contribution >= 4 is 5.69 Å². The van der Waals surface area contributed by atoms with Crippen molar-refractivity contribution in [1.82, 2.24) is 0 Å². The molecule has 1 saturated carbocycles. The lowest BCUT2D eigenvalue weighted by Crippen LogP contribution is -2.08. The first kappa shape index (κ1) is 8.57. The zero-order valence-corrected chi connectivity index (χ0v) is 7.74. The summed E-state index contributed by atoms with van der Waals surface area (Å²) in [6.45, 7) is 1.92. The molecule has 1 aromatic rings. The summed E-state index contributed by atoms with van der Waals surface area (Å²) in [6, 6.07) is 10.3. The molecular weight excluding hydrogens is 160 g/mol. The van der Waals surface area contributed by atoms with Crippen LogP contribution < -0.4 is 11.1 Å². The Bertz CT molecular complexity index is 258. The van der Waals surface area contributed by atoms with Gasteiger partial charge in [-0.2, -0.15) is 0 Å². The van der Waals surface area contributed by atoms with Crippen molar-refractivity contribution in [3.8, 4) is 0 Å². The molecule has 1 aliphatic carbocycles. The molecule has 0 heterocycles. The quantitative estimate of drug-likeness (QED) is 0.732. The topological polar surface area (TPSA) is 38.0 Å². The summed E-state index contributed by atoms with van der Waals surface area (Å²) in [5, 5.41) is 3.42. The highest BCUT2D eigenvalue weighted by Gasteiger charge is 2.34. The smallest absolute Gasteiger partial charge is 0.0340 e. The largest absolute Gasteiger partial charge is 0.385 e. The van der Waals surface area contributed by atoms with Crippen molar-refractivity contribution in [1.29, 1.82) is 0 Å². The fourth-order valence-electron chi connectivity index (χ4n) is 1.65. The van der Waals surface area contributed by atoms with Crippen LogP contribution in [0, 0.1) is 11.8 Å². The van der Waals surface area contributed by atoms with Gasteiger partial charge in [-0.25, -0.2) is 0 Å². The molecule has 0 radical (unpaired) electrons. The van der Waals surface area contributed by atoms with Crippen molar-refractivity contribution in [2.24, 2.45) is 17.6 Å². The Morgan fingerprint density at radius 3 is 2.62 bits per heavy atom. The molecule has 3 N–H and O–H groups in total. The van der Waals surface area contributed by atoms with E-state index in [2.05, 4.69) is 29.6 Å². The number of para-hydroxylation sites is 1. The molecule has 70 valence electrons. The molecule has 0 saturated heterocycles. The third-order valence-corrected chi connectivity index (χ3v) is 2.71. The van der Waals surface area contributed by atoms with Gasteiger partial charge in [0.2, 0.25) is 0 Å². The normalized spacial score (nSPS) is 25.6. The number of hydrogen-bond donors (Lipinski definition) is 2. The highest BCUT2D eigenvalue weighted by Crippen LogP contribution is 2.37. The van der Waals surface area contributed by atoms with Gasteiger partial charge in [0.05, 0.1) is 0 Å². The zero-order valence-electron chi connectivity index (χ0n) is 7.74. The second-order valence-electron chi connectivity index (χ2n) is 3.74. The summed E-state index contributed by atoms with van der Waals surface area (Å²) in [5.74, 6) is 1.58. The van der Waals surface area contributed by atoms with Gasteiger partial charge in [-0.3, -0.25) is 0 Å². The van der Waals surface area contributed by atoms with Crippen LogP contribution in [0.5, 0.6) is 0 Å². The van der Waals surface area contributed by atoms with Gasteiger partial charge in [0.1, 0.15) is 0 Å². The van der Waals surface area contributed by atoms with Gasteiger partial charge < -0.3 is 11.1 Å². The Hall–Kier alpha value is -1.02. The number of anilines is 1. The predicted molar refractivity (Wildman–Crippen MR) is 55.6 cm³/mol. The molecule has 0 aromatic heterocycles. The van der Waals surface area contributed by atoms with Crippen molar-refractivity contribution in [3.05, 3.63) is 30.3 Å². The van der Waals surface area contributed by atoms with Crippen LogP contribution in [0.2, 0.25) is 0 Å². The van der Waals surface area contributed by atoms with E-state index in [0.29, 0.717) is 0 Å². The van der Waals surface area contributed by atoms with Crippen LogP contribution in [-0.4, -0.2) is 13.1 Å². The van der Waals surface area contributed by atoms with Crippen LogP contribution in [0.4, 0.5) is 5.69 Å². The van der Waals surface area contributed by atoms with Crippen LogP contribution in [-0.2, 0) is 0 Å². The number of nitrogens with two attached hydrogens (primary N) is 1. The number of rotatable bonds is 4. The van der Waals surface area contributed by atoms with Gasteiger partial charge in [0.15, 0.2) is 0 Å². The average molecular weight is 176 g/mol. The molecule has 2 atom stereocenters. The fraction of sp³-hybridized carbons (Fsp3) is 0.455. The lowest BCUT2D eigenvalue weighted by molar-refractivity contribution is 0.733. The predicted octanol–water partition coefficient (Wildman–Crippen LogP) is 1.69. The first-order chi connectivity index (χ1) is 6.40. The molecule has 2 heteroatoms. The minimum absolute atomic E-state index is 0.774. The average Bonchev–Trinajstić information content (AvgIpc) is 2.95. The summed E-state index contributed by atoms with van der Waals surface area (Å²) in [6.07, 6.45) is 1.30. The van der Waals surface area contributed by atoms with E-state index in [0.717, 1.165) is 24.9 Å². The Morgan fingerprint density at radius 1 is 1.23 bits per heavy atom. The van der Waals surface area contributed by atoms with Crippen molar-refractivity contribution in [3.63, 3.8) is 0 Å². The monoisotopic (exact) mass is 176 g/mol. The van der Waals surface area contributed by atoms with Crippen LogP contribution in [0.15, 0.2) is 30.3 Å². The second kappa shape index (κ2) is 3.79. The molecule has 2 rings (SSSR count). The number of benzene rings is 1. The van der Waals surface area contributed by atoms with Gasteiger partial charge in [-0.05, 0) is 36.9 Å². The molecule has 0 unspecified atom stereocenters. The molecule has 0 aliphatic heterocycles. The highest BCUT2D eigenvalue weighted by molar-refractivity contribution is 5.42. The second-order valence-corrected chi connectivity index (χ2v) is 3.74. The Morgan fingerprint density at radius 2 is 2.00 bits per heavy atom. The summed E-state index contributed by atoms with van der Waals surface area (Å²) >= 11 is 0. The van der Waals surface area contributed by atoms with Crippen molar-refractivity contribution in [2.45, 2.75) is 6.42 Å². The van der Waals surface area contributed by atoms with Gasteiger partial charge in [0, 0.05) is 12.2 Å².